The number of benzene rings is 2. The van der Waals surface area contributed by atoms with Crippen LogP contribution >= 0.6 is 0 Å². The fourth-order valence-corrected chi connectivity index (χ4v) is 1.88. The Hall–Kier alpha value is -2.53. The highest BCUT2D eigenvalue weighted by Gasteiger charge is 2.14. The molecule has 2 amide bonds. The van der Waals surface area contributed by atoms with Crippen molar-refractivity contribution < 1.29 is 14.6 Å². The molecule has 0 aliphatic heterocycles. The zero-order valence-corrected chi connectivity index (χ0v) is 13.6. The van der Waals surface area contributed by atoms with Crippen LogP contribution in [0, 0.1) is 6.92 Å². The van der Waals surface area contributed by atoms with E-state index in [1.807, 2.05) is 31.2 Å². The topological polar surface area (TPSA) is 61.8 Å². The van der Waals surface area contributed by atoms with E-state index in [-0.39, 0.29) is 18.7 Å². The highest BCUT2D eigenvalue weighted by Crippen LogP contribution is 2.23. The van der Waals surface area contributed by atoms with Gasteiger partial charge in [-0.2, -0.15) is 0 Å². The summed E-state index contributed by atoms with van der Waals surface area (Å²) >= 11 is 0. The van der Waals surface area contributed by atoms with E-state index in [2.05, 4.69) is 5.32 Å². The molecule has 0 radical (unpaired) electrons. The van der Waals surface area contributed by atoms with Crippen molar-refractivity contribution in [3.8, 4) is 11.5 Å². The monoisotopic (exact) mass is 314 g/mol. The molecule has 0 aliphatic rings. The number of anilines is 1. The summed E-state index contributed by atoms with van der Waals surface area (Å²) in [6.07, 6.45) is 0. The summed E-state index contributed by atoms with van der Waals surface area (Å²) in [4.78, 5) is 13.4. The van der Waals surface area contributed by atoms with Gasteiger partial charge in [0.15, 0.2) is 0 Å². The van der Waals surface area contributed by atoms with Crippen LogP contribution in [0.2, 0.25) is 0 Å². The average molecular weight is 314 g/mol. The SMILES string of the molecule is Cc1ccc(Oc2ccc(NC(=O)N(C)C(C)CO)cc2)cc1. The normalized spacial score (nSPS) is 11.7. The molecule has 0 fully saturated rings. The molecule has 0 spiro atoms. The fourth-order valence-electron chi connectivity index (χ4n) is 1.88. The molecule has 2 aromatic carbocycles. The van der Waals surface area contributed by atoms with Gasteiger partial charge in [0.1, 0.15) is 11.5 Å². The van der Waals surface area contributed by atoms with Crippen LogP contribution in [-0.4, -0.2) is 35.7 Å². The second-order valence-corrected chi connectivity index (χ2v) is 5.51. The lowest BCUT2D eigenvalue weighted by molar-refractivity contribution is 0.166. The molecule has 2 rings (SSSR count). The standard InChI is InChI=1S/C18H22N2O3/c1-13-4-8-16(9-5-13)23-17-10-6-15(7-11-17)19-18(22)20(3)14(2)12-21/h4-11,14,21H,12H2,1-3H3,(H,19,22). The molecule has 0 saturated heterocycles. The van der Waals surface area contributed by atoms with Gasteiger partial charge in [-0.1, -0.05) is 17.7 Å². The molecule has 2 aromatic rings. The van der Waals surface area contributed by atoms with Gasteiger partial charge in [0.25, 0.3) is 0 Å². The largest absolute Gasteiger partial charge is 0.457 e. The van der Waals surface area contributed by atoms with Crippen LogP contribution in [0.25, 0.3) is 0 Å². The molecule has 0 saturated carbocycles. The number of hydrogen-bond acceptors (Lipinski definition) is 3. The van der Waals surface area contributed by atoms with Gasteiger partial charge >= 0.3 is 6.03 Å². The van der Waals surface area contributed by atoms with Crippen molar-refractivity contribution in [2.45, 2.75) is 19.9 Å². The van der Waals surface area contributed by atoms with Crippen molar-refractivity contribution in [3.63, 3.8) is 0 Å². The number of nitrogens with zero attached hydrogens (tertiary/aromatic N) is 1. The maximum absolute atomic E-state index is 12.0. The van der Waals surface area contributed by atoms with Gasteiger partial charge in [0.05, 0.1) is 12.6 Å². The lowest BCUT2D eigenvalue weighted by atomic mass is 10.2. The van der Waals surface area contributed by atoms with Gasteiger partial charge in [-0.3, -0.25) is 0 Å². The predicted molar refractivity (Wildman–Crippen MR) is 91.0 cm³/mol. The third-order valence-corrected chi connectivity index (χ3v) is 3.61. The maximum atomic E-state index is 12.0. The quantitative estimate of drug-likeness (QED) is 0.886. The molecule has 122 valence electrons. The lowest BCUT2D eigenvalue weighted by Crippen LogP contribution is -2.40. The number of aryl methyl sites for hydroxylation is 1. The first kappa shape index (κ1) is 16.8. The van der Waals surface area contributed by atoms with Crippen LogP contribution < -0.4 is 10.1 Å². The van der Waals surface area contributed by atoms with Gasteiger partial charge in [-0.05, 0) is 50.2 Å². The van der Waals surface area contributed by atoms with Gasteiger partial charge in [-0.15, -0.1) is 0 Å². The Morgan fingerprint density at radius 2 is 1.65 bits per heavy atom. The summed E-state index contributed by atoms with van der Waals surface area (Å²) in [5.41, 5.74) is 1.85. The van der Waals surface area contributed by atoms with E-state index < -0.39 is 0 Å². The smallest absolute Gasteiger partial charge is 0.321 e. The zero-order valence-electron chi connectivity index (χ0n) is 13.6. The van der Waals surface area contributed by atoms with Gasteiger partial charge in [0, 0.05) is 12.7 Å². The third-order valence-electron chi connectivity index (χ3n) is 3.61. The molecule has 0 bridgehead atoms. The van der Waals surface area contributed by atoms with E-state index in [1.165, 1.54) is 10.5 Å². The predicted octanol–water partition coefficient (Wildman–Crippen LogP) is 3.63. The van der Waals surface area contributed by atoms with E-state index >= 15 is 0 Å². The summed E-state index contributed by atoms with van der Waals surface area (Å²) in [5, 5.41) is 11.9. The van der Waals surface area contributed by atoms with Crippen molar-refractivity contribution >= 4 is 11.7 Å². The van der Waals surface area contributed by atoms with E-state index in [1.54, 1.807) is 38.2 Å². The molecular formula is C18H22N2O3. The summed E-state index contributed by atoms with van der Waals surface area (Å²) in [6.45, 7) is 3.72. The lowest BCUT2D eigenvalue weighted by Gasteiger charge is -2.23. The Bertz CT molecular complexity index is 638. The number of rotatable bonds is 5. The Labute approximate surface area is 136 Å². The average Bonchev–Trinajstić information content (AvgIpc) is 2.57. The minimum absolute atomic E-state index is 0.0761. The zero-order chi connectivity index (χ0) is 16.8. The molecule has 0 heterocycles. The summed E-state index contributed by atoms with van der Waals surface area (Å²) in [5.74, 6) is 1.47. The van der Waals surface area contributed by atoms with E-state index in [9.17, 15) is 4.79 Å². The molecule has 2 N–H and O–H groups in total. The Kier molecular flexibility index (Phi) is 5.60. The van der Waals surface area contributed by atoms with E-state index in [4.69, 9.17) is 9.84 Å². The Morgan fingerprint density at radius 1 is 1.13 bits per heavy atom. The molecule has 5 heteroatoms. The number of aliphatic hydroxyl groups is 1. The van der Waals surface area contributed by atoms with Crippen molar-refractivity contribution in [1.82, 2.24) is 4.90 Å². The highest BCUT2D eigenvalue weighted by molar-refractivity contribution is 5.89. The number of amides is 2. The molecule has 0 aromatic heterocycles. The number of likely N-dealkylation sites (N-methyl/N-ethyl adjacent to an activating group) is 1. The molecule has 0 aliphatic carbocycles. The van der Waals surface area contributed by atoms with Gasteiger partial charge in [-0.25, -0.2) is 4.79 Å². The molecule has 5 nitrogen and oxygen atoms in total. The number of urea groups is 1. The van der Waals surface area contributed by atoms with Crippen LogP contribution in [0.5, 0.6) is 11.5 Å². The molecule has 1 atom stereocenters. The van der Waals surface area contributed by atoms with Crippen LogP contribution in [0.1, 0.15) is 12.5 Å². The number of aliphatic hydroxyl groups excluding tert-OH is 1. The van der Waals surface area contributed by atoms with Gasteiger partial charge in [0.2, 0.25) is 0 Å². The Balaban J connectivity index is 1.96. The van der Waals surface area contributed by atoms with Crippen molar-refractivity contribution in [3.05, 3.63) is 54.1 Å². The van der Waals surface area contributed by atoms with E-state index in [0.29, 0.717) is 11.4 Å². The van der Waals surface area contributed by atoms with Gasteiger partial charge < -0.3 is 20.1 Å². The minimum atomic E-state index is -0.265. The summed E-state index contributed by atoms with van der Waals surface area (Å²) in [6, 6.07) is 14.4. The van der Waals surface area contributed by atoms with Crippen LogP contribution in [-0.2, 0) is 0 Å². The first-order valence-corrected chi connectivity index (χ1v) is 7.49. The first-order valence-electron chi connectivity index (χ1n) is 7.49. The minimum Gasteiger partial charge on any atom is -0.457 e. The first-order chi connectivity index (χ1) is 11.0. The van der Waals surface area contributed by atoms with Crippen LogP contribution in [0.3, 0.4) is 0 Å². The number of hydrogen-bond donors (Lipinski definition) is 2. The van der Waals surface area contributed by atoms with E-state index in [0.717, 1.165) is 5.75 Å². The number of nitrogens with one attached hydrogen (secondary N) is 1. The second kappa shape index (κ2) is 7.65. The second-order valence-electron chi connectivity index (χ2n) is 5.51. The third kappa shape index (κ3) is 4.72. The number of carbonyl (C=O) groups is 1. The molecule has 1 unspecified atom stereocenters. The molecular weight excluding hydrogens is 292 g/mol. The fraction of sp³-hybridized carbons (Fsp3) is 0.278. The number of carbonyl (C=O) groups excluding carboxylic acids is 1. The molecule has 23 heavy (non-hydrogen) atoms. The van der Waals surface area contributed by atoms with Crippen molar-refractivity contribution in [2.24, 2.45) is 0 Å². The summed E-state index contributed by atoms with van der Waals surface area (Å²) in [7, 11) is 1.64. The highest BCUT2D eigenvalue weighted by atomic mass is 16.5. The summed E-state index contributed by atoms with van der Waals surface area (Å²) < 4.78 is 5.74. The maximum Gasteiger partial charge on any atom is 0.321 e. The van der Waals surface area contributed by atoms with Crippen LogP contribution in [0.15, 0.2) is 48.5 Å². The van der Waals surface area contributed by atoms with Crippen LogP contribution in [0.4, 0.5) is 10.5 Å². The van der Waals surface area contributed by atoms with Crippen molar-refractivity contribution in [1.29, 1.82) is 0 Å². The number of ether oxygens (including phenoxy) is 1. The van der Waals surface area contributed by atoms with Crippen molar-refractivity contribution in [2.75, 3.05) is 19.0 Å². The Morgan fingerprint density at radius 3 is 2.17 bits per heavy atom.